The molecule has 0 radical (unpaired) electrons. The van der Waals surface area contributed by atoms with E-state index in [1.807, 2.05) is 19.9 Å². The number of pyridine rings is 1. The van der Waals surface area contributed by atoms with E-state index in [9.17, 15) is 4.79 Å². The minimum Gasteiger partial charge on any atom is -0.484 e. The number of hydrogen-bond donors (Lipinski definition) is 0. The number of carbonyl (C=O) groups excluding carboxylic acids is 1. The topological polar surface area (TPSA) is 39.2 Å². The van der Waals surface area contributed by atoms with Crippen LogP contribution < -0.4 is 4.74 Å². The maximum absolute atomic E-state index is 10.1. The Morgan fingerprint density at radius 3 is 2.92 bits per heavy atom. The number of aryl methyl sites for hydroxylation is 2. The molecule has 0 N–H and O–H groups in total. The summed E-state index contributed by atoms with van der Waals surface area (Å²) in [6.07, 6.45) is 2.45. The molecule has 0 bridgehead atoms. The Labute approximate surface area is 71.4 Å². The van der Waals surface area contributed by atoms with Crippen LogP contribution in [0.5, 0.6) is 5.75 Å². The quantitative estimate of drug-likeness (QED) is 0.633. The molecule has 1 aromatic rings. The van der Waals surface area contributed by atoms with Crippen molar-refractivity contribution in [1.29, 1.82) is 0 Å². The van der Waals surface area contributed by atoms with Gasteiger partial charge in [0.2, 0.25) is 0 Å². The highest BCUT2D eigenvalue weighted by Crippen LogP contribution is 2.19. The molecule has 1 heterocycles. The zero-order valence-corrected chi connectivity index (χ0v) is 7.20. The normalized spacial score (nSPS) is 9.50. The molecule has 0 aliphatic heterocycles. The van der Waals surface area contributed by atoms with E-state index >= 15 is 0 Å². The van der Waals surface area contributed by atoms with Gasteiger partial charge in [-0.05, 0) is 25.5 Å². The number of ether oxygens (including phenoxy) is 1. The fourth-order valence-corrected chi connectivity index (χ4v) is 1.02. The third-order valence-corrected chi connectivity index (χ3v) is 1.58. The number of nitrogens with zero attached hydrogens (tertiary/aromatic N) is 1. The third kappa shape index (κ3) is 1.81. The monoisotopic (exact) mass is 165 g/mol. The van der Waals surface area contributed by atoms with Gasteiger partial charge in [0.15, 0.2) is 6.29 Å². The molecule has 0 amide bonds. The van der Waals surface area contributed by atoms with Crippen molar-refractivity contribution in [3.63, 3.8) is 0 Å². The first-order valence-corrected chi connectivity index (χ1v) is 3.74. The molecule has 0 spiro atoms. The van der Waals surface area contributed by atoms with Crippen molar-refractivity contribution in [2.24, 2.45) is 0 Å². The van der Waals surface area contributed by atoms with Crippen LogP contribution in [0.2, 0.25) is 0 Å². The summed E-state index contributed by atoms with van der Waals surface area (Å²) in [5.41, 5.74) is 1.82. The predicted octanol–water partition coefficient (Wildman–Crippen LogP) is 1.28. The van der Waals surface area contributed by atoms with E-state index in [-0.39, 0.29) is 6.61 Å². The Balaban J connectivity index is 2.88. The van der Waals surface area contributed by atoms with Crippen LogP contribution in [0.15, 0.2) is 12.3 Å². The van der Waals surface area contributed by atoms with Crippen molar-refractivity contribution in [2.45, 2.75) is 13.8 Å². The first-order valence-electron chi connectivity index (χ1n) is 3.74. The second kappa shape index (κ2) is 3.85. The van der Waals surface area contributed by atoms with E-state index in [1.54, 1.807) is 6.20 Å². The SMILES string of the molecule is Cc1ccnc(C)c1OCC=O. The lowest BCUT2D eigenvalue weighted by atomic mass is 10.2. The van der Waals surface area contributed by atoms with Crippen LogP contribution >= 0.6 is 0 Å². The summed E-state index contributed by atoms with van der Waals surface area (Å²) in [5.74, 6) is 0.713. The smallest absolute Gasteiger partial charge is 0.157 e. The minimum absolute atomic E-state index is 0.0906. The molecule has 0 unspecified atom stereocenters. The number of carbonyl (C=O) groups is 1. The summed E-state index contributed by atoms with van der Waals surface area (Å²) >= 11 is 0. The first-order chi connectivity index (χ1) is 5.75. The zero-order valence-electron chi connectivity index (χ0n) is 7.20. The van der Waals surface area contributed by atoms with Crippen LogP contribution in [0.3, 0.4) is 0 Å². The zero-order chi connectivity index (χ0) is 8.97. The molecule has 1 aromatic heterocycles. The Bertz CT molecular complexity index is 264. The van der Waals surface area contributed by atoms with Gasteiger partial charge in [0.05, 0.1) is 5.69 Å². The summed E-state index contributed by atoms with van der Waals surface area (Å²) in [6.45, 7) is 3.87. The number of aromatic nitrogens is 1. The van der Waals surface area contributed by atoms with Crippen molar-refractivity contribution in [3.05, 3.63) is 23.5 Å². The standard InChI is InChI=1S/C9H11NO2/c1-7-3-4-10-8(2)9(7)12-6-5-11/h3-5H,6H2,1-2H3. The molecule has 1 rings (SSSR count). The lowest BCUT2D eigenvalue weighted by Gasteiger charge is -2.07. The molecular formula is C9H11NO2. The second-order valence-corrected chi connectivity index (χ2v) is 2.52. The highest BCUT2D eigenvalue weighted by atomic mass is 16.5. The van der Waals surface area contributed by atoms with Gasteiger partial charge in [-0.25, -0.2) is 0 Å². The van der Waals surface area contributed by atoms with Crippen molar-refractivity contribution in [3.8, 4) is 5.75 Å². The van der Waals surface area contributed by atoms with Gasteiger partial charge in [0.1, 0.15) is 12.4 Å². The average molecular weight is 165 g/mol. The van der Waals surface area contributed by atoms with Crippen molar-refractivity contribution in [1.82, 2.24) is 4.98 Å². The van der Waals surface area contributed by atoms with Gasteiger partial charge in [-0.15, -0.1) is 0 Å². The molecule has 12 heavy (non-hydrogen) atoms. The molecule has 64 valence electrons. The summed E-state index contributed by atoms with van der Waals surface area (Å²) in [7, 11) is 0. The number of hydrogen-bond acceptors (Lipinski definition) is 3. The first kappa shape index (κ1) is 8.71. The van der Waals surface area contributed by atoms with Crippen LogP contribution in [0.4, 0.5) is 0 Å². The highest BCUT2D eigenvalue weighted by molar-refractivity contribution is 5.52. The highest BCUT2D eigenvalue weighted by Gasteiger charge is 2.02. The average Bonchev–Trinajstić information content (AvgIpc) is 2.04. The predicted molar refractivity (Wildman–Crippen MR) is 45.3 cm³/mol. The van der Waals surface area contributed by atoms with E-state index in [1.165, 1.54) is 0 Å². The molecule has 3 heteroatoms. The van der Waals surface area contributed by atoms with Crippen LogP contribution in [0.25, 0.3) is 0 Å². The number of aldehydes is 1. The Hall–Kier alpha value is -1.38. The van der Waals surface area contributed by atoms with Crippen LogP contribution in [-0.4, -0.2) is 17.9 Å². The Morgan fingerprint density at radius 2 is 2.33 bits per heavy atom. The summed E-state index contributed by atoms with van der Waals surface area (Å²) in [4.78, 5) is 14.1. The van der Waals surface area contributed by atoms with Crippen molar-refractivity contribution in [2.75, 3.05) is 6.61 Å². The van der Waals surface area contributed by atoms with E-state index in [2.05, 4.69) is 4.98 Å². The fourth-order valence-electron chi connectivity index (χ4n) is 1.02. The van der Waals surface area contributed by atoms with Crippen LogP contribution in [0, 0.1) is 13.8 Å². The fraction of sp³-hybridized carbons (Fsp3) is 0.333. The maximum atomic E-state index is 10.1. The molecule has 0 aliphatic rings. The van der Waals surface area contributed by atoms with E-state index in [0.29, 0.717) is 5.75 Å². The maximum Gasteiger partial charge on any atom is 0.157 e. The minimum atomic E-state index is 0.0906. The molecule has 0 aliphatic carbocycles. The Kier molecular flexibility index (Phi) is 2.80. The van der Waals surface area contributed by atoms with Gasteiger partial charge in [0.25, 0.3) is 0 Å². The summed E-state index contributed by atoms with van der Waals surface area (Å²) < 4.78 is 5.19. The van der Waals surface area contributed by atoms with Crippen molar-refractivity contribution >= 4 is 6.29 Å². The van der Waals surface area contributed by atoms with Gasteiger partial charge >= 0.3 is 0 Å². The molecule has 0 atom stereocenters. The van der Waals surface area contributed by atoms with Gasteiger partial charge in [-0.1, -0.05) is 0 Å². The largest absolute Gasteiger partial charge is 0.484 e. The van der Waals surface area contributed by atoms with Gasteiger partial charge < -0.3 is 4.74 Å². The van der Waals surface area contributed by atoms with Gasteiger partial charge in [-0.2, -0.15) is 0 Å². The lowest BCUT2D eigenvalue weighted by Crippen LogP contribution is -2.01. The second-order valence-electron chi connectivity index (χ2n) is 2.52. The van der Waals surface area contributed by atoms with Crippen molar-refractivity contribution < 1.29 is 9.53 Å². The van der Waals surface area contributed by atoms with Crippen LogP contribution in [-0.2, 0) is 4.79 Å². The van der Waals surface area contributed by atoms with E-state index in [0.717, 1.165) is 17.5 Å². The summed E-state index contributed by atoms with van der Waals surface area (Å²) in [5, 5.41) is 0. The molecular weight excluding hydrogens is 154 g/mol. The summed E-state index contributed by atoms with van der Waals surface area (Å²) in [6, 6.07) is 1.85. The van der Waals surface area contributed by atoms with E-state index < -0.39 is 0 Å². The molecule has 0 saturated carbocycles. The Morgan fingerprint density at radius 1 is 1.58 bits per heavy atom. The molecule has 0 saturated heterocycles. The van der Waals surface area contributed by atoms with Gasteiger partial charge in [-0.3, -0.25) is 9.78 Å². The number of rotatable bonds is 3. The van der Waals surface area contributed by atoms with Gasteiger partial charge in [0, 0.05) is 6.20 Å². The molecule has 3 nitrogen and oxygen atoms in total. The lowest BCUT2D eigenvalue weighted by molar-refractivity contribution is -0.109. The third-order valence-electron chi connectivity index (χ3n) is 1.58. The molecule has 0 fully saturated rings. The molecule has 0 aromatic carbocycles. The van der Waals surface area contributed by atoms with E-state index in [4.69, 9.17) is 4.74 Å². The van der Waals surface area contributed by atoms with Crippen LogP contribution in [0.1, 0.15) is 11.3 Å².